The van der Waals surface area contributed by atoms with Gasteiger partial charge in [0.15, 0.2) is 0 Å². The van der Waals surface area contributed by atoms with Crippen molar-refractivity contribution in [2.24, 2.45) is 23.2 Å². The van der Waals surface area contributed by atoms with Crippen LogP contribution in [-0.4, -0.2) is 23.7 Å². The third-order valence-electron chi connectivity index (χ3n) is 5.84. The lowest BCUT2D eigenvalue weighted by Gasteiger charge is -2.37. The van der Waals surface area contributed by atoms with Gasteiger partial charge in [-0.1, -0.05) is 20.8 Å². The van der Waals surface area contributed by atoms with E-state index in [1.165, 1.54) is 25.7 Å². The first-order chi connectivity index (χ1) is 9.86. The molecule has 122 valence electrons. The molecule has 0 saturated heterocycles. The summed E-state index contributed by atoms with van der Waals surface area (Å²) < 4.78 is 0. The fourth-order valence-electron chi connectivity index (χ4n) is 4.11. The Labute approximate surface area is 129 Å². The van der Waals surface area contributed by atoms with Crippen LogP contribution >= 0.6 is 0 Å². The van der Waals surface area contributed by atoms with Gasteiger partial charge in [0, 0.05) is 6.04 Å². The van der Waals surface area contributed by atoms with E-state index in [9.17, 15) is 4.79 Å². The quantitative estimate of drug-likeness (QED) is 0.822. The minimum atomic E-state index is -0.603. The van der Waals surface area contributed by atoms with Crippen LogP contribution in [-0.2, 0) is 4.79 Å². The van der Waals surface area contributed by atoms with Crippen molar-refractivity contribution in [3.63, 3.8) is 0 Å². The molecule has 0 aromatic heterocycles. The van der Waals surface area contributed by atoms with Crippen molar-refractivity contribution in [2.45, 2.75) is 78.2 Å². The lowest BCUT2D eigenvalue weighted by Crippen LogP contribution is -2.38. The summed E-state index contributed by atoms with van der Waals surface area (Å²) >= 11 is 0. The highest BCUT2D eigenvalue weighted by molar-refractivity contribution is 5.70. The zero-order valence-corrected chi connectivity index (χ0v) is 14.0. The Bertz CT molecular complexity index is 332. The van der Waals surface area contributed by atoms with Gasteiger partial charge in [-0.2, -0.15) is 0 Å². The lowest BCUT2D eigenvalue weighted by molar-refractivity contribution is -0.142. The molecule has 0 radical (unpaired) electrons. The van der Waals surface area contributed by atoms with Crippen molar-refractivity contribution >= 4 is 5.97 Å². The molecule has 0 unspecified atom stereocenters. The molecule has 21 heavy (non-hydrogen) atoms. The second-order valence-corrected chi connectivity index (χ2v) is 8.38. The number of carbonyl (C=O) groups is 1. The highest BCUT2D eigenvalue weighted by atomic mass is 16.4. The maximum absolute atomic E-state index is 11.0. The molecule has 2 N–H and O–H groups in total. The molecule has 3 heteroatoms. The van der Waals surface area contributed by atoms with Gasteiger partial charge >= 0.3 is 5.97 Å². The molecule has 0 heterocycles. The van der Waals surface area contributed by atoms with Crippen LogP contribution in [0.4, 0.5) is 0 Å². The molecule has 0 spiro atoms. The summed E-state index contributed by atoms with van der Waals surface area (Å²) in [5.41, 5.74) is 0.466. The highest BCUT2D eigenvalue weighted by Gasteiger charge is 2.30. The Morgan fingerprint density at radius 3 is 2.05 bits per heavy atom. The summed E-state index contributed by atoms with van der Waals surface area (Å²) in [5, 5.41) is 12.7. The van der Waals surface area contributed by atoms with Crippen LogP contribution < -0.4 is 5.32 Å². The zero-order valence-electron chi connectivity index (χ0n) is 14.0. The second kappa shape index (κ2) is 7.13. The Kier molecular flexibility index (Phi) is 5.70. The van der Waals surface area contributed by atoms with Gasteiger partial charge in [-0.15, -0.1) is 0 Å². The first-order valence-electron chi connectivity index (χ1n) is 8.82. The molecule has 2 aliphatic rings. The summed E-state index contributed by atoms with van der Waals surface area (Å²) in [6.45, 7) is 8.25. The molecule has 2 aliphatic carbocycles. The molecule has 0 bridgehead atoms. The molecule has 0 amide bonds. The Hall–Kier alpha value is -0.570. The van der Waals surface area contributed by atoms with Gasteiger partial charge in [0.25, 0.3) is 0 Å². The number of carboxylic acids is 1. The first kappa shape index (κ1) is 16.8. The van der Waals surface area contributed by atoms with Crippen LogP contribution in [0.15, 0.2) is 0 Å². The summed E-state index contributed by atoms with van der Waals surface area (Å²) in [5.74, 6) is 1.03. The number of rotatable bonds is 4. The van der Waals surface area contributed by atoms with Crippen LogP contribution in [0.1, 0.15) is 72.1 Å². The van der Waals surface area contributed by atoms with E-state index in [0.29, 0.717) is 11.5 Å². The molecule has 2 saturated carbocycles. The van der Waals surface area contributed by atoms with Gasteiger partial charge < -0.3 is 10.4 Å². The van der Waals surface area contributed by atoms with Crippen LogP contribution in [0, 0.1) is 23.2 Å². The van der Waals surface area contributed by atoms with Crippen LogP contribution in [0.25, 0.3) is 0 Å². The van der Waals surface area contributed by atoms with E-state index >= 15 is 0 Å². The average Bonchev–Trinajstić information content (AvgIpc) is 2.45. The minimum Gasteiger partial charge on any atom is -0.481 e. The Morgan fingerprint density at radius 1 is 1.00 bits per heavy atom. The van der Waals surface area contributed by atoms with E-state index in [0.717, 1.165) is 44.1 Å². The number of carboxylic acid groups (broad SMARTS) is 1. The van der Waals surface area contributed by atoms with Crippen LogP contribution in [0.3, 0.4) is 0 Å². The monoisotopic (exact) mass is 295 g/mol. The number of hydrogen-bond acceptors (Lipinski definition) is 2. The van der Waals surface area contributed by atoms with Gasteiger partial charge in [-0.05, 0) is 75.2 Å². The van der Waals surface area contributed by atoms with Gasteiger partial charge in [-0.3, -0.25) is 4.79 Å². The summed E-state index contributed by atoms with van der Waals surface area (Å²) in [7, 11) is 0. The molecule has 0 aliphatic heterocycles. The van der Waals surface area contributed by atoms with Crippen LogP contribution in [0.2, 0.25) is 0 Å². The van der Waals surface area contributed by atoms with E-state index in [1.807, 2.05) is 0 Å². The van der Waals surface area contributed by atoms with Crippen molar-refractivity contribution in [3.05, 3.63) is 0 Å². The number of hydrogen-bond donors (Lipinski definition) is 2. The normalized spacial score (nSPS) is 34.6. The maximum Gasteiger partial charge on any atom is 0.306 e. The molecule has 3 nitrogen and oxygen atoms in total. The van der Waals surface area contributed by atoms with Gasteiger partial charge in [0.1, 0.15) is 0 Å². The van der Waals surface area contributed by atoms with Crippen molar-refractivity contribution in [2.75, 3.05) is 6.54 Å². The molecular weight excluding hydrogens is 262 g/mol. The van der Waals surface area contributed by atoms with Crippen molar-refractivity contribution in [1.29, 1.82) is 0 Å². The lowest BCUT2D eigenvalue weighted by atomic mass is 9.70. The summed E-state index contributed by atoms with van der Waals surface area (Å²) in [6.07, 6.45) is 9.25. The minimum absolute atomic E-state index is 0.0923. The van der Waals surface area contributed by atoms with Crippen molar-refractivity contribution in [1.82, 2.24) is 5.32 Å². The first-order valence-corrected chi connectivity index (χ1v) is 8.82. The molecule has 0 aromatic carbocycles. The van der Waals surface area contributed by atoms with Crippen molar-refractivity contribution in [3.8, 4) is 0 Å². The topological polar surface area (TPSA) is 49.3 Å². The Balaban J connectivity index is 1.63. The van der Waals surface area contributed by atoms with Gasteiger partial charge in [-0.25, -0.2) is 0 Å². The molecule has 0 atom stereocenters. The van der Waals surface area contributed by atoms with Gasteiger partial charge in [0.05, 0.1) is 5.92 Å². The molecule has 2 fully saturated rings. The fourth-order valence-corrected chi connectivity index (χ4v) is 4.11. The predicted octanol–water partition coefficient (Wildman–Crippen LogP) is 4.07. The predicted molar refractivity (Wildman–Crippen MR) is 86.3 cm³/mol. The number of aliphatic carboxylic acids is 1. The third-order valence-corrected chi connectivity index (χ3v) is 5.84. The van der Waals surface area contributed by atoms with Crippen molar-refractivity contribution < 1.29 is 9.90 Å². The number of nitrogens with one attached hydrogen (secondary N) is 1. The zero-order chi connectivity index (χ0) is 15.5. The second-order valence-electron chi connectivity index (χ2n) is 8.38. The molecule has 2 rings (SSSR count). The maximum atomic E-state index is 11.0. The van der Waals surface area contributed by atoms with E-state index in [1.54, 1.807) is 0 Å². The standard InChI is InChI=1S/C18H33NO2/c1-18(2,3)15-8-4-13(5-9-15)12-19-16-10-6-14(7-11-16)17(20)21/h13-16,19H,4-12H2,1-3H3,(H,20,21). The third kappa shape index (κ3) is 4.98. The van der Waals surface area contributed by atoms with E-state index in [4.69, 9.17) is 5.11 Å². The van der Waals surface area contributed by atoms with E-state index in [-0.39, 0.29) is 5.92 Å². The SMILES string of the molecule is CC(C)(C)C1CCC(CNC2CCC(C(=O)O)CC2)CC1. The van der Waals surface area contributed by atoms with E-state index in [2.05, 4.69) is 26.1 Å². The molecule has 0 aromatic rings. The van der Waals surface area contributed by atoms with E-state index < -0.39 is 5.97 Å². The molecular formula is C18H33NO2. The smallest absolute Gasteiger partial charge is 0.306 e. The van der Waals surface area contributed by atoms with Gasteiger partial charge in [0.2, 0.25) is 0 Å². The fraction of sp³-hybridized carbons (Fsp3) is 0.944. The summed E-state index contributed by atoms with van der Waals surface area (Å²) in [4.78, 5) is 11.0. The Morgan fingerprint density at radius 2 is 1.57 bits per heavy atom. The highest BCUT2D eigenvalue weighted by Crippen LogP contribution is 2.39. The van der Waals surface area contributed by atoms with Crippen LogP contribution in [0.5, 0.6) is 0 Å². The largest absolute Gasteiger partial charge is 0.481 e. The summed E-state index contributed by atoms with van der Waals surface area (Å²) in [6, 6.07) is 0.556. The average molecular weight is 295 g/mol.